The summed E-state index contributed by atoms with van der Waals surface area (Å²) in [5.41, 5.74) is 3.28. The molecule has 0 aliphatic rings. The Morgan fingerprint density at radius 1 is 0.340 bits per heavy atom. The summed E-state index contributed by atoms with van der Waals surface area (Å²) in [5.74, 6) is 1.85. The third-order valence-electron chi connectivity index (χ3n) is 8.90. The molecule has 0 spiro atoms. The van der Waals surface area contributed by atoms with Crippen LogP contribution in [0.2, 0.25) is 0 Å². The van der Waals surface area contributed by atoms with Gasteiger partial charge in [-0.2, -0.15) is 0 Å². The van der Waals surface area contributed by atoms with E-state index in [2.05, 4.69) is 48.5 Å². The number of benzene rings is 8. The predicted molar refractivity (Wildman–Crippen MR) is 193 cm³/mol. The Labute approximate surface area is 272 Å². The highest BCUT2D eigenvalue weighted by atomic mass is 16.5. The highest BCUT2D eigenvalue weighted by molar-refractivity contribution is 6.11. The van der Waals surface area contributed by atoms with E-state index in [-0.39, 0.29) is 11.5 Å². The normalized spacial score (nSPS) is 11.4. The van der Waals surface area contributed by atoms with Gasteiger partial charge in [0.25, 0.3) is 0 Å². The number of hydrogen-bond donors (Lipinski definition) is 2. The van der Waals surface area contributed by atoms with E-state index in [1.807, 2.05) is 84.9 Å². The van der Waals surface area contributed by atoms with Crippen molar-refractivity contribution in [3.63, 3.8) is 0 Å². The van der Waals surface area contributed by atoms with Gasteiger partial charge in [-0.1, -0.05) is 121 Å². The Bertz CT molecular complexity index is 2260. The molecule has 0 unspecified atom stereocenters. The summed E-state index contributed by atoms with van der Waals surface area (Å²) >= 11 is 0. The molecule has 8 aromatic carbocycles. The van der Waals surface area contributed by atoms with Gasteiger partial charge in [-0.15, -0.1) is 0 Å². The minimum atomic E-state index is 0.216. The number of fused-ring (bicyclic) bond motifs is 4. The molecule has 4 nitrogen and oxygen atoms in total. The monoisotopic (exact) mass is 612 g/mol. The lowest BCUT2D eigenvalue weighted by molar-refractivity contribution is 0.249. The second-order valence-corrected chi connectivity index (χ2v) is 11.7. The van der Waals surface area contributed by atoms with Crippen LogP contribution >= 0.6 is 0 Å². The maximum atomic E-state index is 11.2. The number of aromatic hydroxyl groups is 2. The summed E-state index contributed by atoms with van der Waals surface area (Å²) in [6, 6.07) is 48.1. The molecule has 0 saturated heterocycles. The molecule has 0 saturated carbocycles. The fourth-order valence-corrected chi connectivity index (χ4v) is 6.73. The van der Waals surface area contributed by atoms with Gasteiger partial charge >= 0.3 is 0 Å². The van der Waals surface area contributed by atoms with E-state index in [0.717, 1.165) is 65.3 Å². The number of ether oxygens (including phenoxy) is 2. The SMILES string of the molecule is Oc1ccc2ccccc2c1-c1c(OCCCOc2ccc3ccccc3c2-c2c(O)ccc3ccccc23)ccc2ccccc12. The van der Waals surface area contributed by atoms with Crippen LogP contribution in [0.25, 0.3) is 65.3 Å². The van der Waals surface area contributed by atoms with E-state index in [1.54, 1.807) is 12.1 Å². The lowest BCUT2D eigenvalue weighted by Gasteiger charge is -2.19. The fourth-order valence-electron chi connectivity index (χ4n) is 6.73. The minimum absolute atomic E-state index is 0.216. The molecule has 2 N–H and O–H groups in total. The molecule has 8 aromatic rings. The van der Waals surface area contributed by atoms with Gasteiger partial charge in [0, 0.05) is 28.7 Å². The third kappa shape index (κ3) is 5.14. The number of hydrogen-bond acceptors (Lipinski definition) is 4. The topological polar surface area (TPSA) is 58.9 Å². The third-order valence-corrected chi connectivity index (χ3v) is 8.90. The van der Waals surface area contributed by atoms with E-state index in [1.165, 1.54) is 0 Å². The number of phenols is 2. The first-order valence-corrected chi connectivity index (χ1v) is 15.9. The lowest BCUT2D eigenvalue weighted by atomic mass is 9.92. The molecule has 0 amide bonds. The Morgan fingerprint density at radius 2 is 0.660 bits per heavy atom. The average Bonchev–Trinajstić information content (AvgIpc) is 3.12. The van der Waals surface area contributed by atoms with Crippen LogP contribution in [0.15, 0.2) is 146 Å². The van der Waals surface area contributed by atoms with Crippen LogP contribution in [-0.4, -0.2) is 23.4 Å². The van der Waals surface area contributed by atoms with Gasteiger partial charge in [0.2, 0.25) is 0 Å². The summed E-state index contributed by atoms with van der Waals surface area (Å²) in [7, 11) is 0. The van der Waals surface area contributed by atoms with Crippen LogP contribution in [0.4, 0.5) is 0 Å². The van der Waals surface area contributed by atoms with Crippen LogP contribution < -0.4 is 9.47 Å². The van der Waals surface area contributed by atoms with E-state index >= 15 is 0 Å². The van der Waals surface area contributed by atoms with Crippen molar-refractivity contribution in [3.05, 3.63) is 146 Å². The zero-order valence-electron chi connectivity index (χ0n) is 25.7. The zero-order chi connectivity index (χ0) is 31.7. The van der Waals surface area contributed by atoms with E-state index < -0.39 is 0 Å². The summed E-state index contributed by atoms with van der Waals surface area (Å²) in [4.78, 5) is 0. The Kier molecular flexibility index (Phi) is 7.31. The van der Waals surface area contributed by atoms with Gasteiger partial charge in [0.05, 0.1) is 13.2 Å². The largest absolute Gasteiger partial charge is 0.507 e. The lowest BCUT2D eigenvalue weighted by Crippen LogP contribution is -2.06. The Hall–Kier alpha value is -6.00. The molecule has 228 valence electrons. The van der Waals surface area contributed by atoms with E-state index in [4.69, 9.17) is 9.47 Å². The van der Waals surface area contributed by atoms with Crippen molar-refractivity contribution in [1.29, 1.82) is 0 Å². The van der Waals surface area contributed by atoms with Crippen molar-refractivity contribution < 1.29 is 19.7 Å². The molecule has 0 aliphatic carbocycles. The molecule has 4 heteroatoms. The predicted octanol–water partition coefficient (Wildman–Crippen LogP) is 10.9. The molecular weight excluding hydrogens is 580 g/mol. The number of rotatable bonds is 8. The van der Waals surface area contributed by atoms with Gasteiger partial charge in [0.1, 0.15) is 23.0 Å². The molecular formula is C43H32O4. The van der Waals surface area contributed by atoms with Crippen molar-refractivity contribution >= 4 is 43.1 Å². The van der Waals surface area contributed by atoms with Gasteiger partial charge in [-0.3, -0.25) is 0 Å². The zero-order valence-corrected chi connectivity index (χ0v) is 25.7. The second kappa shape index (κ2) is 12.1. The molecule has 8 rings (SSSR count). The van der Waals surface area contributed by atoms with Crippen molar-refractivity contribution in [2.45, 2.75) is 6.42 Å². The molecule has 47 heavy (non-hydrogen) atoms. The molecule has 0 atom stereocenters. The maximum absolute atomic E-state index is 11.2. The van der Waals surface area contributed by atoms with Gasteiger partial charge in [-0.05, 0) is 67.4 Å². The van der Waals surface area contributed by atoms with Gasteiger partial charge < -0.3 is 19.7 Å². The second-order valence-electron chi connectivity index (χ2n) is 11.7. The van der Waals surface area contributed by atoms with Crippen LogP contribution in [0.5, 0.6) is 23.0 Å². The van der Waals surface area contributed by atoms with E-state index in [0.29, 0.717) is 31.1 Å². The smallest absolute Gasteiger partial charge is 0.127 e. The summed E-state index contributed by atoms with van der Waals surface area (Å²) in [5, 5.41) is 30.6. The van der Waals surface area contributed by atoms with Crippen LogP contribution in [0.1, 0.15) is 6.42 Å². The maximum Gasteiger partial charge on any atom is 0.127 e. The van der Waals surface area contributed by atoms with Gasteiger partial charge in [0.15, 0.2) is 0 Å². The molecule has 0 aliphatic heterocycles. The quantitative estimate of drug-likeness (QED) is 0.168. The minimum Gasteiger partial charge on any atom is -0.507 e. The fraction of sp³-hybridized carbons (Fsp3) is 0.0698. The molecule has 0 aromatic heterocycles. The summed E-state index contributed by atoms with van der Waals surface area (Å²) in [6.07, 6.45) is 0.627. The summed E-state index contributed by atoms with van der Waals surface area (Å²) in [6.45, 7) is 0.832. The summed E-state index contributed by atoms with van der Waals surface area (Å²) < 4.78 is 12.9. The average molecular weight is 613 g/mol. The van der Waals surface area contributed by atoms with Crippen molar-refractivity contribution in [2.75, 3.05) is 13.2 Å². The highest BCUT2D eigenvalue weighted by Gasteiger charge is 2.19. The first-order chi connectivity index (χ1) is 23.2. The molecule has 0 fully saturated rings. The molecule has 0 heterocycles. The van der Waals surface area contributed by atoms with E-state index in [9.17, 15) is 10.2 Å². The molecule has 0 bridgehead atoms. The van der Waals surface area contributed by atoms with Crippen LogP contribution in [0, 0.1) is 0 Å². The van der Waals surface area contributed by atoms with Crippen molar-refractivity contribution in [3.8, 4) is 45.3 Å². The first-order valence-electron chi connectivity index (χ1n) is 15.9. The van der Waals surface area contributed by atoms with Crippen LogP contribution in [-0.2, 0) is 0 Å². The Balaban J connectivity index is 1.10. The standard InChI is InChI=1S/C43H32O4/c44-36-22-18-28-10-1-5-14-32(28)40(36)42-34-16-7-3-12-30(34)20-24-38(42)46-26-9-27-47-39-25-21-31-13-4-8-17-35(31)43(39)41-33-15-6-2-11-29(33)19-23-37(41)45/h1-8,10-25,44-45H,9,26-27H2. The first kappa shape index (κ1) is 28.5. The van der Waals surface area contributed by atoms with Gasteiger partial charge in [-0.25, -0.2) is 0 Å². The van der Waals surface area contributed by atoms with Crippen LogP contribution in [0.3, 0.4) is 0 Å². The van der Waals surface area contributed by atoms with Crippen molar-refractivity contribution in [2.24, 2.45) is 0 Å². The molecule has 0 radical (unpaired) electrons. The Morgan fingerprint density at radius 3 is 1.04 bits per heavy atom. The highest BCUT2D eigenvalue weighted by Crippen LogP contribution is 2.46. The van der Waals surface area contributed by atoms with Crippen molar-refractivity contribution in [1.82, 2.24) is 0 Å². The number of phenolic OH excluding ortho intramolecular Hbond substituents is 2.